The van der Waals surface area contributed by atoms with Crippen LogP contribution in [-0.4, -0.2) is 37.0 Å². The van der Waals surface area contributed by atoms with Gasteiger partial charge in [0, 0.05) is 5.02 Å². The van der Waals surface area contributed by atoms with Crippen LogP contribution in [0.4, 0.5) is 5.00 Å². The molecule has 3 N–H and O–H groups in total. The first-order chi connectivity index (χ1) is 14.7. The number of hydrogen-bond acceptors (Lipinski definition) is 7. The van der Waals surface area contributed by atoms with Crippen molar-refractivity contribution in [2.24, 2.45) is 5.73 Å². The van der Waals surface area contributed by atoms with E-state index in [4.69, 9.17) is 26.8 Å². The number of benzene rings is 1. The monoisotopic (exact) mass is 464 g/mol. The Kier molecular flexibility index (Phi) is 6.66. The van der Waals surface area contributed by atoms with Gasteiger partial charge in [-0.2, -0.15) is 0 Å². The number of carbonyl (C=O) groups excluding carboxylic acids is 4. The Morgan fingerprint density at radius 1 is 1.16 bits per heavy atom. The number of nitrogens with two attached hydrogens (primary N) is 1. The van der Waals surface area contributed by atoms with Gasteiger partial charge in [0.1, 0.15) is 5.00 Å². The summed E-state index contributed by atoms with van der Waals surface area (Å²) in [6.45, 7) is 2.76. The third-order valence-corrected chi connectivity index (χ3v) is 6.45. The maximum absolute atomic E-state index is 12.6. The second kappa shape index (κ2) is 9.07. The number of ether oxygens (including phenoxy) is 2. The first kappa shape index (κ1) is 22.8. The van der Waals surface area contributed by atoms with Gasteiger partial charge in [-0.1, -0.05) is 23.7 Å². The highest BCUT2D eigenvalue weighted by atomic mass is 35.5. The van der Waals surface area contributed by atoms with E-state index < -0.39 is 35.8 Å². The number of hydrogen-bond donors (Lipinski definition) is 2. The van der Waals surface area contributed by atoms with Gasteiger partial charge in [0.25, 0.3) is 11.8 Å². The van der Waals surface area contributed by atoms with Crippen molar-refractivity contribution in [3.63, 3.8) is 0 Å². The number of halogens is 1. The van der Waals surface area contributed by atoms with Gasteiger partial charge < -0.3 is 20.5 Å². The van der Waals surface area contributed by atoms with Crippen LogP contribution in [-0.2, 0) is 24.5 Å². The maximum Gasteiger partial charge on any atom is 0.341 e. The molecule has 1 aromatic carbocycles. The van der Waals surface area contributed by atoms with E-state index in [0.29, 0.717) is 23.4 Å². The Hall–Kier alpha value is -2.91. The van der Waals surface area contributed by atoms with Gasteiger partial charge in [-0.15, -0.1) is 11.3 Å². The number of rotatable bonds is 8. The van der Waals surface area contributed by atoms with Crippen molar-refractivity contribution >= 4 is 51.7 Å². The third kappa shape index (κ3) is 4.72. The number of carbonyl (C=O) groups is 4. The average molecular weight is 465 g/mol. The molecule has 0 saturated heterocycles. The largest absolute Gasteiger partial charge is 0.462 e. The summed E-state index contributed by atoms with van der Waals surface area (Å²) in [4.78, 5) is 49.1. The molecule has 2 aromatic rings. The lowest BCUT2D eigenvalue weighted by Gasteiger charge is -2.15. The van der Waals surface area contributed by atoms with E-state index in [2.05, 4.69) is 5.32 Å². The molecule has 1 fully saturated rings. The molecule has 164 valence electrons. The van der Waals surface area contributed by atoms with Crippen molar-refractivity contribution < 1.29 is 28.7 Å². The van der Waals surface area contributed by atoms with Crippen LogP contribution >= 0.6 is 22.9 Å². The summed E-state index contributed by atoms with van der Waals surface area (Å²) in [7, 11) is 0. The highest BCUT2D eigenvalue weighted by Gasteiger charge is 2.52. The predicted octanol–water partition coefficient (Wildman–Crippen LogP) is 3.20. The molecule has 1 aliphatic carbocycles. The molecular formula is C21H21ClN2O6S. The molecule has 0 radical (unpaired) electrons. The Bertz CT molecular complexity index is 1040. The maximum atomic E-state index is 12.6. The van der Waals surface area contributed by atoms with Gasteiger partial charge in [-0.3, -0.25) is 14.4 Å². The fraction of sp³-hybridized carbons (Fsp3) is 0.333. The summed E-state index contributed by atoms with van der Waals surface area (Å²) in [6, 6.07) is 6.93. The average Bonchev–Trinajstić information content (AvgIpc) is 3.46. The molecule has 31 heavy (non-hydrogen) atoms. The van der Waals surface area contributed by atoms with E-state index >= 15 is 0 Å². The predicted molar refractivity (Wildman–Crippen MR) is 115 cm³/mol. The van der Waals surface area contributed by atoms with Crippen molar-refractivity contribution in [1.29, 1.82) is 0 Å². The van der Waals surface area contributed by atoms with Crippen LogP contribution in [0.15, 0.2) is 24.3 Å². The van der Waals surface area contributed by atoms with E-state index in [-0.39, 0.29) is 22.0 Å². The van der Waals surface area contributed by atoms with Gasteiger partial charge in [0.15, 0.2) is 6.61 Å². The lowest BCUT2D eigenvalue weighted by molar-refractivity contribution is -0.150. The molecule has 1 saturated carbocycles. The zero-order chi connectivity index (χ0) is 22.8. The van der Waals surface area contributed by atoms with Gasteiger partial charge in [-0.05, 0) is 49.9 Å². The zero-order valence-corrected chi connectivity index (χ0v) is 18.5. The number of primary amides is 1. The highest BCUT2D eigenvalue weighted by Crippen LogP contribution is 2.49. The molecule has 0 aliphatic heterocycles. The highest BCUT2D eigenvalue weighted by molar-refractivity contribution is 7.18. The van der Waals surface area contributed by atoms with Crippen LogP contribution in [0.1, 0.15) is 50.9 Å². The number of anilines is 1. The molecule has 1 aliphatic rings. The van der Waals surface area contributed by atoms with Crippen LogP contribution < -0.4 is 11.1 Å². The first-order valence-electron chi connectivity index (χ1n) is 9.53. The van der Waals surface area contributed by atoms with Gasteiger partial charge in [0.05, 0.1) is 22.5 Å². The van der Waals surface area contributed by atoms with Crippen LogP contribution in [0.2, 0.25) is 5.02 Å². The lowest BCUT2D eigenvalue weighted by Crippen LogP contribution is -2.28. The minimum atomic E-state index is -0.764. The van der Waals surface area contributed by atoms with Crippen molar-refractivity contribution in [3.05, 3.63) is 50.9 Å². The lowest BCUT2D eigenvalue weighted by atomic mass is 9.96. The van der Waals surface area contributed by atoms with Gasteiger partial charge in [-0.25, -0.2) is 4.79 Å². The SMILES string of the molecule is CCOC(=O)c1c(NC(=O)COC(=O)C2(c3ccc(Cl)cc3)CC2)sc(C(N)=O)c1C. The second-order valence-electron chi connectivity index (χ2n) is 7.06. The third-order valence-electron chi connectivity index (χ3n) is 4.97. The fourth-order valence-electron chi connectivity index (χ4n) is 3.22. The molecule has 0 atom stereocenters. The van der Waals surface area contributed by atoms with E-state index in [9.17, 15) is 19.2 Å². The molecule has 1 heterocycles. The topological polar surface area (TPSA) is 125 Å². The summed E-state index contributed by atoms with van der Waals surface area (Å²) in [6.07, 6.45) is 1.24. The molecule has 0 unspecified atom stereocenters. The van der Waals surface area contributed by atoms with E-state index in [1.165, 1.54) is 0 Å². The minimum Gasteiger partial charge on any atom is -0.462 e. The molecule has 2 amide bonds. The van der Waals surface area contributed by atoms with Crippen molar-refractivity contribution in [1.82, 2.24) is 0 Å². The van der Waals surface area contributed by atoms with Crippen molar-refractivity contribution in [2.45, 2.75) is 32.1 Å². The van der Waals surface area contributed by atoms with Crippen LogP contribution in [0.5, 0.6) is 0 Å². The quantitative estimate of drug-likeness (QED) is 0.578. The Morgan fingerprint density at radius 2 is 1.81 bits per heavy atom. The van der Waals surface area contributed by atoms with E-state index in [1.807, 2.05) is 0 Å². The van der Waals surface area contributed by atoms with Crippen molar-refractivity contribution in [3.8, 4) is 0 Å². The molecule has 8 nitrogen and oxygen atoms in total. The normalized spacial score (nSPS) is 13.9. The number of esters is 2. The summed E-state index contributed by atoms with van der Waals surface area (Å²) in [5.41, 5.74) is 5.75. The standard InChI is InChI=1S/C21H21ClN2O6S/c1-3-29-19(27)15-11(2)16(17(23)26)31-18(15)24-14(25)10-30-20(28)21(8-9-21)12-4-6-13(22)7-5-12/h4-7H,3,8-10H2,1-2H3,(H2,23,26)(H,24,25). The van der Waals surface area contributed by atoms with Crippen LogP contribution in [0.25, 0.3) is 0 Å². The second-order valence-corrected chi connectivity index (χ2v) is 8.52. The Balaban J connectivity index is 1.69. The van der Waals surface area contributed by atoms with E-state index in [0.717, 1.165) is 16.9 Å². The number of amides is 2. The molecule has 0 spiro atoms. The number of thiophene rings is 1. The number of nitrogens with one attached hydrogen (secondary N) is 1. The zero-order valence-electron chi connectivity index (χ0n) is 17.0. The first-order valence-corrected chi connectivity index (χ1v) is 10.7. The minimum absolute atomic E-state index is 0.0557. The van der Waals surface area contributed by atoms with Gasteiger partial charge >= 0.3 is 11.9 Å². The molecule has 10 heteroatoms. The summed E-state index contributed by atoms with van der Waals surface area (Å²) in [5.74, 6) is -2.56. The van der Waals surface area contributed by atoms with Gasteiger partial charge in [0.2, 0.25) is 0 Å². The Labute approximate surface area is 187 Å². The molecule has 3 rings (SSSR count). The summed E-state index contributed by atoms with van der Waals surface area (Å²) >= 11 is 6.77. The summed E-state index contributed by atoms with van der Waals surface area (Å²) < 4.78 is 10.2. The summed E-state index contributed by atoms with van der Waals surface area (Å²) in [5, 5.41) is 3.19. The fourth-order valence-corrected chi connectivity index (χ4v) is 4.41. The molecule has 0 bridgehead atoms. The molecular weight excluding hydrogens is 444 g/mol. The smallest absolute Gasteiger partial charge is 0.341 e. The van der Waals surface area contributed by atoms with Crippen molar-refractivity contribution in [2.75, 3.05) is 18.5 Å². The van der Waals surface area contributed by atoms with Crippen LogP contribution in [0.3, 0.4) is 0 Å². The van der Waals surface area contributed by atoms with Crippen LogP contribution in [0, 0.1) is 6.92 Å². The Morgan fingerprint density at radius 3 is 2.35 bits per heavy atom. The van der Waals surface area contributed by atoms with E-state index in [1.54, 1.807) is 38.1 Å². The molecule has 1 aromatic heterocycles.